The average Bonchev–Trinajstić information content (AvgIpc) is 3.09. The summed E-state index contributed by atoms with van der Waals surface area (Å²) in [6.07, 6.45) is 5.27. The van der Waals surface area contributed by atoms with E-state index in [4.69, 9.17) is 0 Å². The summed E-state index contributed by atoms with van der Waals surface area (Å²) in [7, 11) is 0. The maximum atomic E-state index is 11.9. The molecule has 0 aliphatic heterocycles. The molecule has 0 unspecified atom stereocenters. The molecule has 0 saturated heterocycles. The van der Waals surface area contributed by atoms with Gasteiger partial charge in [0, 0.05) is 31.2 Å². The van der Waals surface area contributed by atoms with Crippen LogP contribution in [-0.4, -0.2) is 20.3 Å². The molecule has 0 fully saturated rings. The molecule has 0 spiro atoms. The molecule has 1 amide bonds. The normalized spacial score (nSPS) is 10.5. The lowest BCUT2D eigenvalue weighted by molar-refractivity contribution is -0.121. The van der Waals surface area contributed by atoms with E-state index >= 15 is 0 Å². The van der Waals surface area contributed by atoms with Crippen molar-refractivity contribution in [3.8, 4) is 0 Å². The molecule has 0 radical (unpaired) electrons. The summed E-state index contributed by atoms with van der Waals surface area (Å²) in [5.74, 6) is -0.191. The van der Waals surface area contributed by atoms with Crippen molar-refractivity contribution >= 4 is 5.91 Å². The third kappa shape index (κ3) is 4.19. The first-order valence-electron chi connectivity index (χ1n) is 7.68. The zero-order valence-corrected chi connectivity index (χ0v) is 13.1. The Balaban J connectivity index is 1.52. The minimum atomic E-state index is -0.191. The fourth-order valence-corrected chi connectivity index (χ4v) is 2.35. The second-order valence-electron chi connectivity index (χ2n) is 5.46. The van der Waals surface area contributed by atoms with Crippen LogP contribution in [0.2, 0.25) is 0 Å². The third-order valence-corrected chi connectivity index (χ3v) is 3.63. The second-order valence-corrected chi connectivity index (χ2v) is 5.46. The molecule has 0 atom stereocenters. The number of nitrogens with zero attached hydrogens (tertiary/aromatic N) is 3. The van der Waals surface area contributed by atoms with Gasteiger partial charge in [0.15, 0.2) is 0 Å². The number of amides is 1. The van der Waals surface area contributed by atoms with Crippen molar-refractivity contribution in [1.82, 2.24) is 19.7 Å². The summed E-state index contributed by atoms with van der Waals surface area (Å²) in [5.41, 5.74) is 1.97. The largest absolute Gasteiger partial charge is 0.350 e. The van der Waals surface area contributed by atoms with Crippen LogP contribution >= 0.6 is 0 Å². The zero-order chi connectivity index (χ0) is 16.8. The van der Waals surface area contributed by atoms with Crippen LogP contribution in [0, 0.1) is 0 Å². The van der Waals surface area contributed by atoms with Gasteiger partial charge in [-0.1, -0.05) is 30.3 Å². The molecule has 0 aliphatic rings. The van der Waals surface area contributed by atoms with Gasteiger partial charge in [0.1, 0.15) is 6.54 Å². The third-order valence-electron chi connectivity index (χ3n) is 3.63. The van der Waals surface area contributed by atoms with Crippen molar-refractivity contribution in [3.05, 3.63) is 88.6 Å². The fraction of sp³-hybridized carbons (Fsp3) is 0.167. The van der Waals surface area contributed by atoms with Crippen LogP contribution in [0.4, 0.5) is 0 Å². The van der Waals surface area contributed by atoms with E-state index in [1.165, 1.54) is 10.6 Å². The van der Waals surface area contributed by atoms with Crippen molar-refractivity contribution in [2.75, 3.05) is 0 Å². The fourth-order valence-electron chi connectivity index (χ4n) is 2.35. The lowest BCUT2D eigenvalue weighted by atomic mass is 10.1. The molecule has 1 aromatic carbocycles. The number of nitrogens with one attached hydrogen (secondary N) is 1. The Labute approximate surface area is 139 Å². The first kappa shape index (κ1) is 15.7. The molecular formula is C18H18N4O2. The van der Waals surface area contributed by atoms with Crippen LogP contribution in [-0.2, 0) is 24.4 Å². The summed E-state index contributed by atoms with van der Waals surface area (Å²) in [5, 5.41) is 7.00. The smallest absolute Gasteiger partial charge is 0.250 e. The first-order chi connectivity index (χ1) is 11.7. The van der Waals surface area contributed by atoms with Crippen LogP contribution in [0.25, 0.3) is 0 Å². The zero-order valence-electron chi connectivity index (χ0n) is 13.1. The highest BCUT2D eigenvalue weighted by molar-refractivity contribution is 5.75. The van der Waals surface area contributed by atoms with Crippen molar-refractivity contribution in [2.24, 2.45) is 0 Å². The highest BCUT2D eigenvalue weighted by atomic mass is 16.2. The molecular weight excluding hydrogens is 304 g/mol. The second kappa shape index (κ2) is 7.41. The van der Waals surface area contributed by atoms with E-state index in [0.717, 1.165) is 17.7 Å². The van der Waals surface area contributed by atoms with Gasteiger partial charge < -0.3 is 9.88 Å². The van der Waals surface area contributed by atoms with Gasteiger partial charge in [-0.15, -0.1) is 0 Å². The van der Waals surface area contributed by atoms with Gasteiger partial charge in [0.2, 0.25) is 5.91 Å². The topological polar surface area (TPSA) is 68.9 Å². The number of hydrogen-bond acceptors (Lipinski definition) is 3. The van der Waals surface area contributed by atoms with E-state index in [1.807, 2.05) is 41.2 Å². The molecule has 0 aliphatic carbocycles. The first-order valence-corrected chi connectivity index (χ1v) is 7.68. The van der Waals surface area contributed by atoms with Crippen molar-refractivity contribution in [2.45, 2.75) is 19.6 Å². The van der Waals surface area contributed by atoms with Crippen LogP contribution in [0.1, 0.15) is 11.1 Å². The highest BCUT2D eigenvalue weighted by Gasteiger charge is 2.04. The Morgan fingerprint density at radius 1 is 1.00 bits per heavy atom. The molecule has 1 N–H and O–H groups in total. The standard InChI is InChI=1S/C18H18N4O2/c23-17(14-21-10-2-1-4-18(21)24)19-12-15-5-7-16(8-6-15)13-22-11-3-9-20-22/h1-11H,12-14H2,(H,19,23). The number of rotatable bonds is 6. The lowest BCUT2D eigenvalue weighted by Gasteiger charge is -2.08. The Kier molecular flexibility index (Phi) is 4.86. The van der Waals surface area contributed by atoms with E-state index in [1.54, 1.807) is 24.5 Å². The molecule has 122 valence electrons. The monoisotopic (exact) mass is 322 g/mol. The van der Waals surface area contributed by atoms with E-state index < -0.39 is 0 Å². The van der Waals surface area contributed by atoms with Crippen molar-refractivity contribution in [1.29, 1.82) is 0 Å². The molecule has 2 aromatic heterocycles. The minimum absolute atomic E-state index is 0.0249. The summed E-state index contributed by atoms with van der Waals surface area (Å²) < 4.78 is 3.23. The maximum Gasteiger partial charge on any atom is 0.250 e. The van der Waals surface area contributed by atoms with Crippen molar-refractivity contribution < 1.29 is 4.79 Å². The highest BCUT2D eigenvalue weighted by Crippen LogP contribution is 2.06. The molecule has 6 heteroatoms. The van der Waals surface area contributed by atoms with Gasteiger partial charge in [-0.05, 0) is 23.3 Å². The number of carbonyl (C=O) groups excluding carboxylic acids is 1. The predicted molar refractivity (Wildman–Crippen MR) is 90.3 cm³/mol. The SMILES string of the molecule is O=C(Cn1ccccc1=O)NCc1ccc(Cn2cccn2)cc1. The van der Waals surface area contributed by atoms with E-state index in [-0.39, 0.29) is 18.0 Å². The van der Waals surface area contributed by atoms with Gasteiger partial charge in [-0.2, -0.15) is 5.10 Å². The summed E-state index contributed by atoms with van der Waals surface area (Å²) in [6, 6.07) is 14.7. The number of hydrogen-bond donors (Lipinski definition) is 1. The van der Waals surface area contributed by atoms with Gasteiger partial charge in [0.25, 0.3) is 5.56 Å². The average molecular weight is 322 g/mol. The molecule has 24 heavy (non-hydrogen) atoms. The number of carbonyl (C=O) groups is 1. The lowest BCUT2D eigenvalue weighted by Crippen LogP contribution is -2.31. The summed E-state index contributed by atoms with van der Waals surface area (Å²) >= 11 is 0. The minimum Gasteiger partial charge on any atom is -0.350 e. The predicted octanol–water partition coefficient (Wildman–Crippen LogP) is 1.41. The van der Waals surface area contributed by atoms with Crippen LogP contribution in [0.5, 0.6) is 0 Å². The summed E-state index contributed by atoms with van der Waals surface area (Å²) in [4.78, 5) is 23.5. The van der Waals surface area contributed by atoms with Gasteiger partial charge in [0.05, 0.1) is 6.54 Å². The molecule has 2 heterocycles. The van der Waals surface area contributed by atoms with E-state index in [0.29, 0.717) is 6.54 Å². The number of pyridine rings is 1. The quantitative estimate of drug-likeness (QED) is 0.746. The maximum absolute atomic E-state index is 11.9. The molecule has 0 saturated carbocycles. The molecule has 6 nitrogen and oxygen atoms in total. The number of aromatic nitrogens is 3. The van der Waals surface area contributed by atoms with Crippen molar-refractivity contribution in [3.63, 3.8) is 0 Å². The van der Waals surface area contributed by atoms with Crippen LogP contribution in [0.3, 0.4) is 0 Å². The molecule has 3 aromatic rings. The molecule has 0 bridgehead atoms. The Morgan fingerprint density at radius 2 is 1.79 bits per heavy atom. The van der Waals surface area contributed by atoms with Gasteiger partial charge in [-0.3, -0.25) is 14.3 Å². The van der Waals surface area contributed by atoms with Gasteiger partial charge >= 0.3 is 0 Å². The van der Waals surface area contributed by atoms with Gasteiger partial charge in [-0.25, -0.2) is 0 Å². The van der Waals surface area contributed by atoms with Crippen LogP contribution < -0.4 is 10.9 Å². The summed E-state index contributed by atoms with van der Waals surface area (Å²) in [6.45, 7) is 1.18. The molecule has 3 rings (SSSR count). The Hall–Kier alpha value is -3.15. The van der Waals surface area contributed by atoms with E-state index in [9.17, 15) is 9.59 Å². The Bertz CT molecular complexity index is 851. The number of benzene rings is 1. The van der Waals surface area contributed by atoms with E-state index in [2.05, 4.69) is 10.4 Å². The Morgan fingerprint density at radius 3 is 2.50 bits per heavy atom. The van der Waals surface area contributed by atoms with Crippen LogP contribution in [0.15, 0.2) is 71.9 Å².